The lowest BCUT2D eigenvalue weighted by Gasteiger charge is -2.15. The molecule has 2 aromatic carbocycles. The highest BCUT2D eigenvalue weighted by Crippen LogP contribution is 2.34. The SMILES string of the molecule is C=CS(=O)(=O)Nc1ccc(NC)c(-c2cn(C)c(=O)c3ccccc23)c1. The molecule has 26 heavy (non-hydrogen) atoms. The van der Waals surface area contributed by atoms with E-state index in [1.165, 1.54) is 4.57 Å². The van der Waals surface area contributed by atoms with E-state index in [9.17, 15) is 13.2 Å². The minimum Gasteiger partial charge on any atom is -0.388 e. The first-order chi connectivity index (χ1) is 12.4. The number of benzene rings is 2. The van der Waals surface area contributed by atoms with E-state index in [0.717, 1.165) is 27.6 Å². The third-order valence-electron chi connectivity index (χ3n) is 4.15. The smallest absolute Gasteiger partial charge is 0.258 e. The molecule has 0 bridgehead atoms. The average molecular weight is 369 g/mol. The molecule has 0 aliphatic heterocycles. The fourth-order valence-electron chi connectivity index (χ4n) is 2.89. The second kappa shape index (κ2) is 6.68. The average Bonchev–Trinajstić information content (AvgIpc) is 2.64. The largest absolute Gasteiger partial charge is 0.388 e. The number of pyridine rings is 1. The van der Waals surface area contributed by atoms with Gasteiger partial charge in [0.1, 0.15) is 0 Å². The van der Waals surface area contributed by atoms with Crippen LogP contribution in [0.2, 0.25) is 0 Å². The Bertz CT molecular complexity index is 1160. The lowest BCUT2D eigenvalue weighted by molar-refractivity contribution is 0.609. The quantitative estimate of drug-likeness (QED) is 0.724. The number of fused-ring (bicyclic) bond motifs is 1. The van der Waals surface area contributed by atoms with Gasteiger partial charge in [-0.3, -0.25) is 9.52 Å². The minimum atomic E-state index is -3.61. The van der Waals surface area contributed by atoms with Crippen LogP contribution in [-0.4, -0.2) is 20.0 Å². The molecule has 3 rings (SSSR count). The van der Waals surface area contributed by atoms with E-state index in [1.807, 2.05) is 18.2 Å². The van der Waals surface area contributed by atoms with Gasteiger partial charge in [0.2, 0.25) is 0 Å². The highest BCUT2D eigenvalue weighted by atomic mass is 32.2. The third kappa shape index (κ3) is 3.21. The molecule has 6 nitrogen and oxygen atoms in total. The highest BCUT2D eigenvalue weighted by molar-refractivity contribution is 7.95. The molecule has 0 spiro atoms. The van der Waals surface area contributed by atoms with Gasteiger partial charge in [-0.25, -0.2) is 8.42 Å². The predicted octanol–water partition coefficient (Wildman–Crippen LogP) is 3.13. The number of nitrogens with zero attached hydrogens (tertiary/aromatic N) is 1. The summed E-state index contributed by atoms with van der Waals surface area (Å²) in [4.78, 5) is 12.4. The number of anilines is 2. The number of aryl methyl sites for hydroxylation is 1. The maximum absolute atomic E-state index is 12.4. The topological polar surface area (TPSA) is 80.2 Å². The van der Waals surface area contributed by atoms with Crippen molar-refractivity contribution in [2.45, 2.75) is 0 Å². The number of nitrogens with one attached hydrogen (secondary N) is 2. The fourth-order valence-corrected chi connectivity index (χ4v) is 3.42. The number of hydrogen-bond donors (Lipinski definition) is 2. The molecule has 134 valence electrons. The van der Waals surface area contributed by atoms with Crippen molar-refractivity contribution >= 4 is 32.2 Å². The van der Waals surface area contributed by atoms with Crippen molar-refractivity contribution in [3.05, 3.63) is 71.0 Å². The molecule has 7 heteroatoms. The van der Waals surface area contributed by atoms with Gasteiger partial charge in [0.05, 0.1) is 0 Å². The maximum Gasteiger partial charge on any atom is 0.258 e. The first-order valence-electron chi connectivity index (χ1n) is 7.92. The zero-order chi connectivity index (χ0) is 18.9. The van der Waals surface area contributed by atoms with E-state index in [1.54, 1.807) is 44.6 Å². The molecule has 0 unspecified atom stereocenters. The van der Waals surface area contributed by atoms with Crippen LogP contribution in [0.15, 0.2) is 65.4 Å². The summed E-state index contributed by atoms with van der Waals surface area (Å²) >= 11 is 0. The van der Waals surface area contributed by atoms with Crippen LogP contribution in [0.1, 0.15) is 0 Å². The number of hydrogen-bond acceptors (Lipinski definition) is 4. The molecule has 0 saturated carbocycles. The van der Waals surface area contributed by atoms with Crippen molar-refractivity contribution in [2.24, 2.45) is 7.05 Å². The van der Waals surface area contributed by atoms with Crippen LogP contribution >= 0.6 is 0 Å². The Kier molecular flexibility index (Phi) is 4.56. The molecule has 1 aromatic heterocycles. The minimum absolute atomic E-state index is 0.0844. The molecular formula is C19H19N3O3S. The van der Waals surface area contributed by atoms with E-state index in [2.05, 4.69) is 16.6 Å². The number of aromatic nitrogens is 1. The zero-order valence-corrected chi connectivity index (χ0v) is 15.3. The van der Waals surface area contributed by atoms with Crippen LogP contribution in [0.5, 0.6) is 0 Å². The van der Waals surface area contributed by atoms with Gasteiger partial charge in [0, 0.05) is 53.6 Å². The maximum atomic E-state index is 12.4. The van der Waals surface area contributed by atoms with Crippen LogP contribution in [0, 0.1) is 0 Å². The zero-order valence-electron chi connectivity index (χ0n) is 14.5. The molecule has 2 N–H and O–H groups in total. The van der Waals surface area contributed by atoms with Crippen LogP contribution in [0.3, 0.4) is 0 Å². The summed E-state index contributed by atoms with van der Waals surface area (Å²) in [5, 5.41) is 5.38. The van der Waals surface area contributed by atoms with Gasteiger partial charge in [-0.2, -0.15) is 0 Å². The Morgan fingerprint density at radius 3 is 2.42 bits per heavy atom. The normalized spacial score (nSPS) is 11.3. The monoisotopic (exact) mass is 369 g/mol. The summed E-state index contributed by atoms with van der Waals surface area (Å²) in [5.41, 5.74) is 2.75. The Morgan fingerprint density at radius 1 is 1.08 bits per heavy atom. The number of rotatable bonds is 5. The van der Waals surface area contributed by atoms with Crippen molar-refractivity contribution in [1.29, 1.82) is 0 Å². The summed E-state index contributed by atoms with van der Waals surface area (Å²) in [6, 6.07) is 12.5. The Hall–Kier alpha value is -3.06. The predicted molar refractivity (Wildman–Crippen MR) is 107 cm³/mol. The number of sulfonamides is 1. The Balaban J connectivity index is 2.30. The molecule has 3 aromatic rings. The Morgan fingerprint density at radius 2 is 1.77 bits per heavy atom. The van der Waals surface area contributed by atoms with Gasteiger partial charge < -0.3 is 9.88 Å². The molecule has 0 amide bonds. The molecule has 0 fully saturated rings. The van der Waals surface area contributed by atoms with Crippen LogP contribution in [0.25, 0.3) is 21.9 Å². The van der Waals surface area contributed by atoms with Crippen molar-refractivity contribution in [2.75, 3.05) is 17.1 Å². The van der Waals surface area contributed by atoms with E-state index in [4.69, 9.17) is 0 Å². The van der Waals surface area contributed by atoms with E-state index < -0.39 is 10.0 Å². The molecule has 0 aliphatic rings. The van der Waals surface area contributed by atoms with Gasteiger partial charge in [0.25, 0.3) is 15.6 Å². The lowest BCUT2D eigenvalue weighted by Crippen LogP contribution is -2.16. The van der Waals surface area contributed by atoms with Gasteiger partial charge in [-0.1, -0.05) is 24.8 Å². The Labute approximate surface area is 151 Å². The summed E-state index contributed by atoms with van der Waals surface area (Å²) in [6.07, 6.45) is 1.76. The van der Waals surface area contributed by atoms with E-state index >= 15 is 0 Å². The fraction of sp³-hybridized carbons (Fsp3) is 0.105. The lowest BCUT2D eigenvalue weighted by atomic mass is 9.98. The van der Waals surface area contributed by atoms with Crippen molar-refractivity contribution in [1.82, 2.24) is 4.57 Å². The summed E-state index contributed by atoms with van der Waals surface area (Å²) in [6.45, 7) is 3.30. The van der Waals surface area contributed by atoms with Crippen molar-refractivity contribution in [3.63, 3.8) is 0 Å². The van der Waals surface area contributed by atoms with Crippen LogP contribution in [0.4, 0.5) is 11.4 Å². The summed E-state index contributed by atoms with van der Waals surface area (Å²) < 4.78 is 27.6. The third-order valence-corrected chi connectivity index (χ3v) is 5.11. The van der Waals surface area contributed by atoms with E-state index in [0.29, 0.717) is 11.1 Å². The first-order valence-corrected chi connectivity index (χ1v) is 9.46. The second-order valence-corrected chi connectivity index (χ2v) is 7.46. The summed E-state index contributed by atoms with van der Waals surface area (Å²) in [7, 11) is -0.126. The van der Waals surface area contributed by atoms with Crippen molar-refractivity contribution < 1.29 is 8.42 Å². The van der Waals surface area contributed by atoms with Gasteiger partial charge in [-0.05, 0) is 29.7 Å². The standard InChI is InChI=1S/C19H19N3O3S/c1-4-26(24,25)21-13-9-10-18(20-2)16(11-13)17-12-22(3)19(23)15-8-6-5-7-14(15)17/h4-12,20-21H,1H2,2-3H3. The second-order valence-electron chi connectivity index (χ2n) is 5.83. The molecular weight excluding hydrogens is 350 g/mol. The van der Waals surface area contributed by atoms with Crippen LogP contribution in [-0.2, 0) is 17.1 Å². The first kappa shape index (κ1) is 17.8. The van der Waals surface area contributed by atoms with E-state index in [-0.39, 0.29) is 5.56 Å². The molecule has 1 heterocycles. The highest BCUT2D eigenvalue weighted by Gasteiger charge is 2.14. The molecule has 0 radical (unpaired) electrons. The molecule has 0 aliphatic carbocycles. The van der Waals surface area contributed by atoms with Gasteiger partial charge in [0.15, 0.2) is 0 Å². The summed E-state index contributed by atoms with van der Waals surface area (Å²) in [5.74, 6) is 0. The van der Waals surface area contributed by atoms with Gasteiger partial charge >= 0.3 is 0 Å². The van der Waals surface area contributed by atoms with Gasteiger partial charge in [-0.15, -0.1) is 0 Å². The van der Waals surface area contributed by atoms with Crippen molar-refractivity contribution in [3.8, 4) is 11.1 Å². The molecule has 0 atom stereocenters. The molecule has 0 saturated heterocycles. The van der Waals surface area contributed by atoms with Crippen LogP contribution < -0.4 is 15.6 Å².